The van der Waals surface area contributed by atoms with Crippen LogP contribution < -0.4 is 11.1 Å². The van der Waals surface area contributed by atoms with Crippen LogP contribution in [0.3, 0.4) is 0 Å². The van der Waals surface area contributed by atoms with Crippen LogP contribution in [0.15, 0.2) is 0 Å². The first kappa shape index (κ1) is 11.9. The molecule has 0 fully saturated rings. The molecule has 5 nitrogen and oxygen atoms in total. The van der Waals surface area contributed by atoms with Gasteiger partial charge in [0.2, 0.25) is 5.91 Å². The van der Waals surface area contributed by atoms with Crippen molar-refractivity contribution in [2.45, 2.75) is 26.3 Å². The summed E-state index contributed by atoms with van der Waals surface area (Å²) in [4.78, 5) is 21.3. The molecule has 0 aromatic heterocycles. The van der Waals surface area contributed by atoms with E-state index in [1.165, 1.54) is 0 Å². The number of carbonyl (C=O) groups is 2. The number of carboxylic acids is 1. The van der Waals surface area contributed by atoms with Gasteiger partial charge in [-0.15, -0.1) is 0 Å². The molecule has 0 heterocycles. The van der Waals surface area contributed by atoms with Crippen molar-refractivity contribution in [3.63, 3.8) is 0 Å². The van der Waals surface area contributed by atoms with Crippen molar-refractivity contribution in [3.8, 4) is 0 Å². The van der Waals surface area contributed by atoms with E-state index in [9.17, 15) is 9.59 Å². The summed E-state index contributed by atoms with van der Waals surface area (Å²) < 4.78 is 0. The average molecular weight is 188 g/mol. The molecule has 4 N–H and O–H groups in total. The molecule has 1 unspecified atom stereocenters. The number of rotatable bonds is 5. The van der Waals surface area contributed by atoms with Crippen molar-refractivity contribution >= 4 is 11.9 Å². The van der Waals surface area contributed by atoms with Gasteiger partial charge < -0.3 is 16.2 Å². The second kappa shape index (κ2) is 5.53. The summed E-state index contributed by atoms with van der Waals surface area (Å²) >= 11 is 0. The van der Waals surface area contributed by atoms with Crippen molar-refractivity contribution in [2.24, 2.45) is 11.7 Å². The monoisotopic (exact) mass is 188 g/mol. The largest absolute Gasteiger partial charge is 0.480 e. The van der Waals surface area contributed by atoms with Gasteiger partial charge in [-0.25, -0.2) is 0 Å². The van der Waals surface area contributed by atoms with Gasteiger partial charge in [-0.1, -0.05) is 20.3 Å². The van der Waals surface area contributed by atoms with Crippen LogP contribution in [0.2, 0.25) is 0 Å². The lowest BCUT2D eigenvalue weighted by Gasteiger charge is -2.16. The predicted octanol–water partition coefficient (Wildman–Crippen LogP) is -0.439. The van der Waals surface area contributed by atoms with Crippen molar-refractivity contribution in [3.05, 3.63) is 0 Å². The van der Waals surface area contributed by atoms with Gasteiger partial charge >= 0.3 is 5.97 Å². The van der Waals surface area contributed by atoms with Gasteiger partial charge in [-0.2, -0.15) is 0 Å². The van der Waals surface area contributed by atoms with E-state index in [0.29, 0.717) is 0 Å². The molecular weight excluding hydrogens is 172 g/mol. The van der Waals surface area contributed by atoms with Gasteiger partial charge in [0.05, 0.1) is 6.04 Å². The molecule has 13 heavy (non-hydrogen) atoms. The maximum absolute atomic E-state index is 11.1. The minimum Gasteiger partial charge on any atom is -0.480 e. The fourth-order valence-electron chi connectivity index (χ4n) is 0.793. The van der Waals surface area contributed by atoms with E-state index in [0.717, 1.165) is 6.42 Å². The van der Waals surface area contributed by atoms with Crippen molar-refractivity contribution in [1.29, 1.82) is 0 Å². The fraction of sp³-hybridized carbons (Fsp3) is 0.750. The summed E-state index contributed by atoms with van der Waals surface area (Å²) in [6, 6.07) is -0.621. The Bertz CT molecular complexity index is 194. The Morgan fingerprint density at radius 2 is 2.08 bits per heavy atom. The SMILES string of the molecule is CCC(C)[C@H](N)C(=O)NCC(=O)O. The molecule has 0 saturated heterocycles. The van der Waals surface area contributed by atoms with Gasteiger partial charge in [-0.3, -0.25) is 9.59 Å². The van der Waals surface area contributed by atoms with Crippen LogP contribution >= 0.6 is 0 Å². The minimum atomic E-state index is -1.07. The highest BCUT2D eigenvalue weighted by Crippen LogP contribution is 2.04. The molecule has 0 aliphatic heterocycles. The molecule has 0 rings (SSSR count). The summed E-state index contributed by atoms with van der Waals surface area (Å²) in [5.41, 5.74) is 5.55. The first-order valence-corrected chi connectivity index (χ1v) is 4.24. The number of carbonyl (C=O) groups excluding carboxylic acids is 1. The predicted molar refractivity (Wildman–Crippen MR) is 48.1 cm³/mol. The van der Waals surface area contributed by atoms with E-state index in [2.05, 4.69) is 5.32 Å². The minimum absolute atomic E-state index is 0.0637. The van der Waals surface area contributed by atoms with Crippen LogP contribution in [-0.2, 0) is 9.59 Å². The first-order valence-electron chi connectivity index (χ1n) is 4.24. The van der Waals surface area contributed by atoms with Gasteiger partial charge in [0.15, 0.2) is 0 Å². The molecule has 0 aliphatic carbocycles. The molecule has 0 radical (unpaired) electrons. The summed E-state index contributed by atoms with van der Waals surface area (Å²) in [5.74, 6) is -1.41. The van der Waals surface area contributed by atoms with E-state index < -0.39 is 17.9 Å². The molecular formula is C8H16N2O3. The fourth-order valence-corrected chi connectivity index (χ4v) is 0.793. The lowest BCUT2D eigenvalue weighted by molar-refractivity contribution is -0.138. The lowest BCUT2D eigenvalue weighted by atomic mass is 9.99. The molecule has 2 atom stereocenters. The average Bonchev–Trinajstić information content (AvgIpc) is 2.11. The quantitative estimate of drug-likeness (QED) is 0.545. The third-order valence-corrected chi connectivity index (χ3v) is 1.97. The van der Waals surface area contributed by atoms with E-state index in [1.807, 2.05) is 13.8 Å². The van der Waals surface area contributed by atoms with E-state index >= 15 is 0 Å². The third-order valence-electron chi connectivity index (χ3n) is 1.97. The third kappa shape index (κ3) is 4.47. The van der Waals surface area contributed by atoms with Crippen LogP contribution in [0.25, 0.3) is 0 Å². The van der Waals surface area contributed by atoms with Crippen LogP contribution in [-0.4, -0.2) is 29.6 Å². The Kier molecular flexibility index (Phi) is 5.06. The standard InChI is InChI=1S/C8H16N2O3/c1-3-5(2)7(9)8(13)10-4-6(11)12/h5,7H,3-4,9H2,1-2H3,(H,10,13)(H,11,12)/t5?,7-/m0/s1. The number of hydrogen-bond donors (Lipinski definition) is 3. The molecule has 0 saturated carbocycles. The number of hydrogen-bond acceptors (Lipinski definition) is 3. The summed E-state index contributed by atoms with van der Waals surface area (Å²) in [7, 11) is 0. The Balaban J connectivity index is 3.89. The first-order chi connectivity index (χ1) is 5.99. The van der Waals surface area contributed by atoms with Crippen LogP contribution in [0.1, 0.15) is 20.3 Å². The normalized spacial score (nSPS) is 14.7. The lowest BCUT2D eigenvalue weighted by Crippen LogP contribution is -2.46. The smallest absolute Gasteiger partial charge is 0.322 e. The van der Waals surface area contributed by atoms with E-state index in [1.54, 1.807) is 0 Å². The number of carboxylic acid groups (broad SMARTS) is 1. The highest BCUT2D eigenvalue weighted by Gasteiger charge is 2.19. The van der Waals surface area contributed by atoms with Crippen LogP contribution in [0.5, 0.6) is 0 Å². The number of nitrogens with two attached hydrogens (primary N) is 1. The molecule has 76 valence electrons. The van der Waals surface area contributed by atoms with Crippen molar-refractivity contribution in [2.75, 3.05) is 6.54 Å². The Morgan fingerprint density at radius 1 is 1.54 bits per heavy atom. The number of aliphatic carboxylic acids is 1. The van der Waals surface area contributed by atoms with E-state index in [4.69, 9.17) is 10.8 Å². The van der Waals surface area contributed by atoms with Gasteiger partial charge in [-0.05, 0) is 5.92 Å². The van der Waals surface area contributed by atoms with Gasteiger partial charge in [0.25, 0.3) is 0 Å². The molecule has 0 aliphatic rings. The highest BCUT2D eigenvalue weighted by molar-refractivity contribution is 5.85. The molecule has 0 spiro atoms. The summed E-state index contributed by atoms with van der Waals surface area (Å²) in [6.07, 6.45) is 0.793. The van der Waals surface area contributed by atoms with E-state index in [-0.39, 0.29) is 12.5 Å². The van der Waals surface area contributed by atoms with Crippen LogP contribution in [0.4, 0.5) is 0 Å². The van der Waals surface area contributed by atoms with Gasteiger partial charge in [0.1, 0.15) is 6.54 Å². The number of nitrogens with one attached hydrogen (secondary N) is 1. The Hall–Kier alpha value is -1.10. The van der Waals surface area contributed by atoms with Crippen molar-refractivity contribution < 1.29 is 14.7 Å². The van der Waals surface area contributed by atoms with Crippen LogP contribution in [0, 0.1) is 5.92 Å². The second-order valence-corrected chi connectivity index (χ2v) is 3.02. The zero-order valence-corrected chi connectivity index (χ0v) is 7.91. The highest BCUT2D eigenvalue weighted by atomic mass is 16.4. The topological polar surface area (TPSA) is 92.4 Å². The summed E-state index contributed by atoms with van der Waals surface area (Å²) in [6.45, 7) is 3.41. The molecule has 1 amide bonds. The zero-order valence-electron chi connectivity index (χ0n) is 7.91. The Labute approximate surface area is 77.3 Å². The molecule has 5 heteroatoms. The second-order valence-electron chi connectivity index (χ2n) is 3.02. The Morgan fingerprint density at radius 3 is 2.46 bits per heavy atom. The van der Waals surface area contributed by atoms with Gasteiger partial charge in [0, 0.05) is 0 Å². The zero-order chi connectivity index (χ0) is 10.4. The molecule has 0 aromatic rings. The molecule has 0 bridgehead atoms. The van der Waals surface area contributed by atoms with Crippen molar-refractivity contribution in [1.82, 2.24) is 5.32 Å². The summed E-state index contributed by atoms with van der Waals surface area (Å²) in [5, 5.41) is 10.5. The maximum atomic E-state index is 11.1. The number of amides is 1. The maximum Gasteiger partial charge on any atom is 0.322 e. The molecule has 0 aromatic carbocycles.